The lowest BCUT2D eigenvalue weighted by atomic mass is 10.0. The van der Waals surface area contributed by atoms with Gasteiger partial charge in [-0.2, -0.15) is 5.26 Å². The number of nitriles is 1. The van der Waals surface area contributed by atoms with Crippen molar-refractivity contribution in [1.29, 1.82) is 5.26 Å². The number of benzene rings is 1. The molecule has 1 aliphatic heterocycles. The minimum absolute atomic E-state index is 0.474. The third kappa shape index (κ3) is 2.84. The molecule has 2 aromatic rings. The van der Waals surface area contributed by atoms with E-state index >= 15 is 0 Å². The van der Waals surface area contributed by atoms with Gasteiger partial charge in [-0.05, 0) is 38.1 Å². The molecule has 1 aliphatic rings. The Bertz CT molecular complexity index is 653. The molecule has 0 radical (unpaired) electrons. The van der Waals surface area contributed by atoms with Gasteiger partial charge in [-0.1, -0.05) is 19.1 Å². The zero-order chi connectivity index (χ0) is 14.7. The molecule has 3 rings (SSSR count). The van der Waals surface area contributed by atoms with Gasteiger partial charge in [0.25, 0.3) is 0 Å². The lowest BCUT2D eigenvalue weighted by molar-refractivity contribution is 0.186. The molecule has 0 bridgehead atoms. The van der Waals surface area contributed by atoms with Crippen LogP contribution in [-0.4, -0.2) is 34.1 Å². The number of hydrogen-bond acceptors (Lipinski definition) is 3. The maximum absolute atomic E-state index is 9.06. The maximum atomic E-state index is 9.06. The molecule has 1 atom stereocenters. The summed E-state index contributed by atoms with van der Waals surface area (Å²) in [6.07, 6.45) is 6.35. The first kappa shape index (κ1) is 13.8. The summed E-state index contributed by atoms with van der Waals surface area (Å²) in [5.74, 6) is 0.968. The molecule has 1 aromatic carbocycles. The van der Waals surface area contributed by atoms with Crippen molar-refractivity contribution < 1.29 is 0 Å². The van der Waals surface area contributed by atoms with Crippen LogP contribution in [0, 0.1) is 11.3 Å². The second-order valence-corrected chi connectivity index (χ2v) is 5.54. The molecule has 108 valence electrons. The summed E-state index contributed by atoms with van der Waals surface area (Å²) < 4.78 is 2.28. The molecule has 0 aliphatic carbocycles. The van der Waals surface area contributed by atoms with E-state index in [9.17, 15) is 0 Å². The van der Waals surface area contributed by atoms with Crippen LogP contribution in [0.15, 0.2) is 36.7 Å². The number of likely N-dealkylation sites (tertiary alicyclic amines) is 1. The quantitative estimate of drug-likeness (QED) is 0.868. The molecular formula is C17H20N4. The van der Waals surface area contributed by atoms with Crippen LogP contribution in [0.5, 0.6) is 0 Å². The summed E-state index contributed by atoms with van der Waals surface area (Å²) in [6.45, 7) is 5.59. The Kier molecular flexibility index (Phi) is 4.03. The van der Waals surface area contributed by atoms with Crippen LogP contribution >= 0.6 is 0 Å². The average Bonchev–Trinajstić information content (AvgIpc) is 3.04. The van der Waals surface area contributed by atoms with E-state index in [1.165, 1.54) is 19.4 Å². The van der Waals surface area contributed by atoms with Crippen molar-refractivity contribution in [3.05, 3.63) is 42.2 Å². The monoisotopic (exact) mass is 280 g/mol. The van der Waals surface area contributed by atoms with E-state index < -0.39 is 0 Å². The highest BCUT2D eigenvalue weighted by Crippen LogP contribution is 2.27. The fourth-order valence-corrected chi connectivity index (χ4v) is 3.10. The fraction of sp³-hybridized carbons (Fsp3) is 0.412. The Morgan fingerprint density at radius 2 is 2.33 bits per heavy atom. The SMILES string of the molecule is CCN1CCCC(n2ccnc2-c2cccc(C#N)c2)C1. The molecule has 2 heterocycles. The third-order valence-electron chi connectivity index (χ3n) is 4.24. The van der Waals surface area contributed by atoms with Crippen molar-refractivity contribution in [1.82, 2.24) is 14.5 Å². The minimum atomic E-state index is 0.474. The number of rotatable bonds is 3. The van der Waals surface area contributed by atoms with E-state index in [-0.39, 0.29) is 0 Å². The third-order valence-corrected chi connectivity index (χ3v) is 4.24. The molecule has 0 amide bonds. The first-order valence-corrected chi connectivity index (χ1v) is 7.57. The lowest BCUT2D eigenvalue weighted by Crippen LogP contribution is -2.36. The van der Waals surface area contributed by atoms with E-state index in [2.05, 4.69) is 33.6 Å². The zero-order valence-corrected chi connectivity index (χ0v) is 12.4. The first-order valence-electron chi connectivity index (χ1n) is 7.57. The summed E-state index contributed by atoms with van der Waals surface area (Å²) in [5.41, 5.74) is 1.70. The maximum Gasteiger partial charge on any atom is 0.140 e. The number of nitrogens with zero attached hydrogens (tertiary/aromatic N) is 4. The topological polar surface area (TPSA) is 44.9 Å². The standard InChI is InChI=1S/C17H20N4/c1-2-20-9-4-7-16(13-20)21-10-8-19-17(21)15-6-3-5-14(11-15)12-18/h3,5-6,8,10-11,16H,2,4,7,9,13H2,1H3. The summed E-state index contributed by atoms with van der Waals surface area (Å²) >= 11 is 0. The van der Waals surface area contributed by atoms with E-state index in [1.54, 1.807) is 0 Å². The van der Waals surface area contributed by atoms with E-state index in [4.69, 9.17) is 5.26 Å². The van der Waals surface area contributed by atoms with Crippen LogP contribution in [0.1, 0.15) is 31.4 Å². The molecule has 1 fully saturated rings. The number of piperidine rings is 1. The number of imidazole rings is 1. The fourth-order valence-electron chi connectivity index (χ4n) is 3.10. The summed E-state index contributed by atoms with van der Waals surface area (Å²) in [7, 11) is 0. The van der Waals surface area contributed by atoms with E-state index in [1.807, 2.05) is 30.5 Å². The van der Waals surface area contributed by atoms with E-state index in [0.29, 0.717) is 11.6 Å². The van der Waals surface area contributed by atoms with Gasteiger partial charge < -0.3 is 9.47 Å². The Morgan fingerprint density at radius 3 is 3.14 bits per heavy atom. The first-order chi connectivity index (χ1) is 10.3. The number of hydrogen-bond donors (Lipinski definition) is 0. The zero-order valence-electron chi connectivity index (χ0n) is 12.4. The van der Waals surface area contributed by atoms with Gasteiger partial charge >= 0.3 is 0 Å². The molecule has 0 N–H and O–H groups in total. The Morgan fingerprint density at radius 1 is 1.43 bits per heavy atom. The van der Waals surface area contributed by atoms with Gasteiger partial charge in [0.1, 0.15) is 5.82 Å². The summed E-state index contributed by atoms with van der Waals surface area (Å²) in [4.78, 5) is 7.01. The number of aromatic nitrogens is 2. The average molecular weight is 280 g/mol. The van der Waals surface area contributed by atoms with Crippen LogP contribution in [0.25, 0.3) is 11.4 Å². The lowest BCUT2D eigenvalue weighted by Gasteiger charge is -2.33. The van der Waals surface area contributed by atoms with Gasteiger partial charge in [0.15, 0.2) is 0 Å². The van der Waals surface area contributed by atoms with Crippen molar-refractivity contribution in [2.75, 3.05) is 19.6 Å². The minimum Gasteiger partial charge on any atom is -0.327 e. The molecule has 0 saturated carbocycles. The summed E-state index contributed by atoms with van der Waals surface area (Å²) in [5, 5.41) is 9.06. The molecule has 4 heteroatoms. The molecule has 1 unspecified atom stereocenters. The molecule has 1 aromatic heterocycles. The predicted molar refractivity (Wildman–Crippen MR) is 82.8 cm³/mol. The highest BCUT2D eigenvalue weighted by molar-refractivity contribution is 5.58. The van der Waals surface area contributed by atoms with Gasteiger partial charge in [-0.15, -0.1) is 0 Å². The van der Waals surface area contributed by atoms with E-state index in [0.717, 1.165) is 24.5 Å². The normalized spacial score (nSPS) is 19.3. The van der Waals surface area contributed by atoms with Gasteiger partial charge in [-0.3, -0.25) is 0 Å². The van der Waals surface area contributed by atoms with Gasteiger partial charge in [0.2, 0.25) is 0 Å². The largest absolute Gasteiger partial charge is 0.327 e. The van der Waals surface area contributed by atoms with Crippen molar-refractivity contribution in [2.45, 2.75) is 25.8 Å². The Balaban J connectivity index is 1.92. The summed E-state index contributed by atoms with van der Waals surface area (Å²) in [6, 6.07) is 10.4. The molecule has 1 saturated heterocycles. The molecule has 0 spiro atoms. The van der Waals surface area contributed by atoms with Gasteiger partial charge in [0, 0.05) is 30.5 Å². The Labute approximate surface area is 125 Å². The van der Waals surface area contributed by atoms with Crippen LogP contribution in [0.4, 0.5) is 0 Å². The van der Waals surface area contributed by atoms with Crippen molar-refractivity contribution in [3.63, 3.8) is 0 Å². The molecule has 21 heavy (non-hydrogen) atoms. The van der Waals surface area contributed by atoms with Crippen molar-refractivity contribution in [2.24, 2.45) is 0 Å². The highest BCUT2D eigenvalue weighted by Gasteiger charge is 2.22. The smallest absolute Gasteiger partial charge is 0.140 e. The molecule has 4 nitrogen and oxygen atoms in total. The predicted octanol–water partition coefficient (Wildman–Crippen LogP) is 3.08. The van der Waals surface area contributed by atoms with Crippen molar-refractivity contribution >= 4 is 0 Å². The van der Waals surface area contributed by atoms with Crippen molar-refractivity contribution in [3.8, 4) is 17.5 Å². The van der Waals surface area contributed by atoms with Crippen LogP contribution in [-0.2, 0) is 0 Å². The van der Waals surface area contributed by atoms with Crippen LogP contribution in [0.3, 0.4) is 0 Å². The number of likely N-dealkylation sites (N-methyl/N-ethyl adjacent to an activating group) is 1. The van der Waals surface area contributed by atoms with Gasteiger partial charge in [0.05, 0.1) is 11.6 Å². The van der Waals surface area contributed by atoms with Gasteiger partial charge in [-0.25, -0.2) is 4.98 Å². The highest BCUT2D eigenvalue weighted by atomic mass is 15.2. The molecular weight excluding hydrogens is 260 g/mol. The Hall–Kier alpha value is -2.12. The second-order valence-electron chi connectivity index (χ2n) is 5.54. The van der Waals surface area contributed by atoms with Crippen LogP contribution in [0.2, 0.25) is 0 Å². The van der Waals surface area contributed by atoms with Crippen LogP contribution < -0.4 is 0 Å². The second kappa shape index (κ2) is 6.11.